The second-order valence-corrected chi connectivity index (χ2v) is 14.5. The van der Waals surface area contributed by atoms with Crippen molar-refractivity contribution < 1.29 is 4.74 Å². The van der Waals surface area contributed by atoms with Crippen molar-refractivity contribution in [2.45, 2.75) is 11.5 Å². The van der Waals surface area contributed by atoms with Gasteiger partial charge in [-0.2, -0.15) is 0 Å². The van der Waals surface area contributed by atoms with Crippen LogP contribution in [-0.4, -0.2) is 6.21 Å². The van der Waals surface area contributed by atoms with Crippen LogP contribution in [0.4, 0.5) is 0 Å². The third-order valence-electron chi connectivity index (χ3n) is 11.2. The summed E-state index contributed by atoms with van der Waals surface area (Å²) in [6, 6.07) is 70.2. The summed E-state index contributed by atoms with van der Waals surface area (Å²) in [6.07, 6.45) is 3.99. The lowest BCUT2D eigenvalue weighted by Gasteiger charge is -2.39. The van der Waals surface area contributed by atoms with E-state index >= 15 is 0 Å². The van der Waals surface area contributed by atoms with Gasteiger partial charge in [0.05, 0.1) is 17.2 Å². The number of benzene rings is 8. The lowest BCUT2D eigenvalue weighted by Crippen LogP contribution is -2.32. The van der Waals surface area contributed by atoms with Gasteiger partial charge in [0, 0.05) is 22.9 Å². The van der Waals surface area contributed by atoms with E-state index in [0.717, 1.165) is 61.7 Å². The van der Waals surface area contributed by atoms with Gasteiger partial charge in [-0.15, -0.1) is 0 Å². The van der Waals surface area contributed by atoms with Crippen molar-refractivity contribution in [2.24, 2.45) is 10.7 Å². The van der Waals surface area contributed by atoms with Crippen LogP contribution in [0.5, 0.6) is 11.5 Å². The Morgan fingerprint density at radius 1 is 0.482 bits per heavy atom. The number of nitrogens with two attached hydrogens (primary N) is 1. The Morgan fingerprint density at radius 3 is 1.77 bits per heavy atom. The van der Waals surface area contributed by atoms with Gasteiger partial charge in [-0.3, -0.25) is 4.99 Å². The van der Waals surface area contributed by atoms with Crippen molar-refractivity contribution in [1.82, 2.24) is 0 Å². The third kappa shape index (κ3) is 5.69. The van der Waals surface area contributed by atoms with E-state index in [0.29, 0.717) is 0 Å². The predicted octanol–water partition coefficient (Wildman–Crippen LogP) is 12.6. The number of rotatable bonds is 7. The molecule has 1 atom stereocenters. The van der Waals surface area contributed by atoms with Crippen LogP contribution >= 0.6 is 0 Å². The van der Waals surface area contributed by atoms with Gasteiger partial charge >= 0.3 is 0 Å². The predicted molar refractivity (Wildman–Crippen MR) is 230 cm³/mol. The Kier molecular flexibility index (Phi) is 8.36. The molecule has 1 spiro atoms. The molecule has 0 fully saturated rings. The molecule has 8 aromatic rings. The number of aliphatic imine (C=N–C) groups is 1. The molecule has 1 heterocycles. The Hall–Kier alpha value is -7.07. The van der Waals surface area contributed by atoms with E-state index in [4.69, 9.17) is 15.5 Å². The Balaban J connectivity index is 1.08. The van der Waals surface area contributed by atoms with Crippen molar-refractivity contribution in [1.29, 1.82) is 0 Å². The summed E-state index contributed by atoms with van der Waals surface area (Å²) < 4.78 is 6.57. The van der Waals surface area contributed by atoms with Gasteiger partial charge in [-0.05, 0) is 86.0 Å². The lowest BCUT2D eigenvalue weighted by molar-refractivity contribution is 0.436. The molecule has 1 aliphatic carbocycles. The zero-order valence-electron chi connectivity index (χ0n) is 30.7. The standard InChI is InChI=1S/C53H38N2O/c54-49(39-28-26-38(27-29-39)37-16-5-2-6-17-37)34-50(55-35-36-14-3-1-4-15-36)42-19-13-18-40(32-42)41-30-31-44-43-20-7-8-21-45(43)53(48(44)33-41)46-22-9-11-24-51(46)56-52-25-12-10-23-47(52)53/h1-35,49H,54H2/b50-34-,55-35?. The van der Waals surface area contributed by atoms with E-state index in [9.17, 15) is 0 Å². The zero-order chi connectivity index (χ0) is 37.5. The van der Waals surface area contributed by atoms with Gasteiger partial charge in [0.25, 0.3) is 0 Å². The third-order valence-corrected chi connectivity index (χ3v) is 11.2. The van der Waals surface area contributed by atoms with E-state index in [1.807, 2.05) is 30.5 Å². The van der Waals surface area contributed by atoms with Gasteiger partial charge in [0.15, 0.2) is 0 Å². The van der Waals surface area contributed by atoms with Crippen LogP contribution < -0.4 is 10.5 Å². The van der Waals surface area contributed by atoms with Gasteiger partial charge in [0.2, 0.25) is 0 Å². The number of hydrogen-bond acceptors (Lipinski definition) is 3. The molecule has 2 aliphatic rings. The first-order valence-electron chi connectivity index (χ1n) is 19.1. The summed E-state index contributed by atoms with van der Waals surface area (Å²) in [7, 11) is 0. The summed E-state index contributed by atoms with van der Waals surface area (Å²) in [5, 5.41) is 0. The van der Waals surface area contributed by atoms with Crippen LogP contribution in [0.2, 0.25) is 0 Å². The summed E-state index contributed by atoms with van der Waals surface area (Å²) in [5.74, 6) is 1.77. The van der Waals surface area contributed by atoms with Crippen molar-refractivity contribution in [3.63, 3.8) is 0 Å². The highest BCUT2D eigenvalue weighted by Crippen LogP contribution is 2.62. The van der Waals surface area contributed by atoms with E-state index in [2.05, 4.69) is 182 Å². The molecule has 266 valence electrons. The number of hydrogen-bond donors (Lipinski definition) is 1. The maximum atomic E-state index is 6.94. The fraction of sp³-hybridized carbons (Fsp3) is 0.0377. The molecular weight excluding hydrogens is 681 g/mol. The van der Waals surface area contributed by atoms with Crippen LogP contribution in [-0.2, 0) is 5.41 Å². The fourth-order valence-corrected chi connectivity index (χ4v) is 8.58. The summed E-state index contributed by atoms with van der Waals surface area (Å²) in [6.45, 7) is 0. The Morgan fingerprint density at radius 2 is 1.04 bits per heavy atom. The minimum Gasteiger partial charge on any atom is -0.457 e. The maximum Gasteiger partial charge on any atom is 0.132 e. The van der Waals surface area contributed by atoms with Crippen molar-refractivity contribution in [3.05, 3.63) is 245 Å². The van der Waals surface area contributed by atoms with Crippen LogP contribution in [0, 0.1) is 0 Å². The Bertz CT molecular complexity index is 2740. The zero-order valence-corrected chi connectivity index (χ0v) is 30.7. The van der Waals surface area contributed by atoms with E-state index in [1.165, 1.54) is 27.8 Å². The first-order chi connectivity index (χ1) is 27.7. The largest absolute Gasteiger partial charge is 0.457 e. The molecule has 0 saturated heterocycles. The average molecular weight is 719 g/mol. The normalized spacial score (nSPS) is 14.1. The first-order valence-corrected chi connectivity index (χ1v) is 19.1. The van der Waals surface area contributed by atoms with E-state index in [1.54, 1.807) is 0 Å². The van der Waals surface area contributed by atoms with Gasteiger partial charge < -0.3 is 10.5 Å². The molecule has 1 aliphatic heterocycles. The molecular formula is C53H38N2O. The summed E-state index contributed by atoms with van der Waals surface area (Å²) >= 11 is 0. The second-order valence-electron chi connectivity index (χ2n) is 14.5. The minimum atomic E-state index is -0.529. The van der Waals surface area contributed by atoms with Crippen LogP contribution in [0.3, 0.4) is 0 Å². The molecule has 3 nitrogen and oxygen atoms in total. The maximum absolute atomic E-state index is 6.94. The molecule has 0 saturated carbocycles. The lowest BCUT2D eigenvalue weighted by atomic mass is 9.66. The number of fused-ring (bicyclic) bond motifs is 9. The van der Waals surface area contributed by atoms with Gasteiger partial charge in [0.1, 0.15) is 11.5 Å². The molecule has 3 heteroatoms. The number of para-hydroxylation sites is 2. The van der Waals surface area contributed by atoms with Crippen LogP contribution in [0.25, 0.3) is 39.1 Å². The summed E-state index contributed by atoms with van der Waals surface area (Å²) in [4.78, 5) is 5.08. The van der Waals surface area contributed by atoms with E-state index in [-0.39, 0.29) is 6.04 Å². The molecule has 0 radical (unpaired) electrons. The Labute approximate surface area is 327 Å². The highest BCUT2D eigenvalue weighted by molar-refractivity contribution is 5.91. The molecule has 0 aromatic heterocycles. The number of nitrogens with zero attached hydrogens (tertiary/aromatic N) is 1. The smallest absolute Gasteiger partial charge is 0.132 e. The monoisotopic (exact) mass is 718 g/mol. The van der Waals surface area contributed by atoms with Gasteiger partial charge in [-0.25, -0.2) is 0 Å². The summed E-state index contributed by atoms with van der Waals surface area (Å²) in [5.41, 5.74) is 22.2. The molecule has 2 N–H and O–H groups in total. The van der Waals surface area contributed by atoms with E-state index < -0.39 is 5.41 Å². The van der Waals surface area contributed by atoms with Gasteiger partial charge in [-0.1, -0.05) is 176 Å². The fourth-order valence-electron chi connectivity index (χ4n) is 8.58. The first kappa shape index (κ1) is 33.5. The molecule has 56 heavy (non-hydrogen) atoms. The second kappa shape index (κ2) is 14.0. The van der Waals surface area contributed by atoms with Crippen molar-refractivity contribution in [3.8, 4) is 44.9 Å². The molecule has 0 amide bonds. The molecule has 8 aromatic carbocycles. The topological polar surface area (TPSA) is 47.6 Å². The highest BCUT2D eigenvalue weighted by atomic mass is 16.5. The molecule has 0 bridgehead atoms. The number of ether oxygens (including phenoxy) is 1. The highest BCUT2D eigenvalue weighted by Gasteiger charge is 2.51. The molecule has 1 unspecified atom stereocenters. The van der Waals surface area contributed by atoms with Crippen molar-refractivity contribution >= 4 is 11.9 Å². The molecule has 10 rings (SSSR count). The minimum absolute atomic E-state index is 0.363. The van der Waals surface area contributed by atoms with Crippen molar-refractivity contribution in [2.75, 3.05) is 0 Å². The van der Waals surface area contributed by atoms with Crippen LogP contribution in [0.15, 0.2) is 211 Å². The average Bonchev–Trinajstić information content (AvgIpc) is 3.56. The quantitative estimate of drug-likeness (QED) is 0.167. The SMILES string of the molecule is NC(/C=C(\N=Cc1ccccc1)c1cccc(-c2ccc3c(c2)C2(c4ccccc4Oc4ccccc42)c2ccccc2-3)c1)c1ccc(-c2ccccc2)cc1. The van der Waals surface area contributed by atoms with Crippen LogP contribution in [0.1, 0.15) is 45.0 Å².